The molecule has 4 saturated carbocycles. The molecule has 2 N–H and O–H groups in total. The molecule has 0 aliphatic heterocycles. The number of benzene rings is 2. The summed E-state index contributed by atoms with van der Waals surface area (Å²) in [5.41, 5.74) is 0.314. The highest BCUT2D eigenvalue weighted by molar-refractivity contribution is 6.06. The summed E-state index contributed by atoms with van der Waals surface area (Å²) in [7, 11) is 0. The maximum absolute atomic E-state index is 13.3. The van der Waals surface area contributed by atoms with Crippen LogP contribution >= 0.6 is 0 Å². The lowest BCUT2D eigenvalue weighted by atomic mass is 9.49. The van der Waals surface area contributed by atoms with Gasteiger partial charge in [-0.15, -0.1) is 0 Å². The molecule has 0 atom stereocenters. The number of nitrogens with one attached hydrogen (secondary N) is 1. The van der Waals surface area contributed by atoms with Crippen molar-refractivity contribution in [1.82, 2.24) is 0 Å². The molecule has 26 heavy (non-hydrogen) atoms. The van der Waals surface area contributed by atoms with E-state index in [1.165, 1.54) is 19.3 Å². The number of carbonyl (C=O) groups excluding carboxylic acids is 1. The van der Waals surface area contributed by atoms with Gasteiger partial charge in [-0.2, -0.15) is 0 Å². The van der Waals surface area contributed by atoms with Crippen molar-refractivity contribution in [3.63, 3.8) is 0 Å². The molecular formula is C22H23NO3. The summed E-state index contributed by atoms with van der Waals surface area (Å²) in [6.07, 6.45) is 6.76. The van der Waals surface area contributed by atoms with Crippen molar-refractivity contribution in [1.29, 1.82) is 0 Å². The van der Waals surface area contributed by atoms with Gasteiger partial charge in [0.2, 0.25) is 5.91 Å². The molecule has 4 aliphatic carbocycles. The van der Waals surface area contributed by atoms with Gasteiger partial charge in [0.25, 0.3) is 0 Å². The van der Waals surface area contributed by atoms with E-state index >= 15 is 0 Å². The maximum atomic E-state index is 13.3. The first-order valence-corrected chi connectivity index (χ1v) is 9.60. The van der Waals surface area contributed by atoms with E-state index in [9.17, 15) is 14.7 Å². The van der Waals surface area contributed by atoms with Crippen LogP contribution in [0.15, 0.2) is 36.4 Å². The van der Waals surface area contributed by atoms with E-state index in [2.05, 4.69) is 5.32 Å². The third kappa shape index (κ3) is 2.43. The molecule has 0 heterocycles. The molecule has 4 heteroatoms. The number of rotatable bonds is 3. The highest BCUT2D eigenvalue weighted by Gasteiger charge is 2.54. The van der Waals surface area contributed by atoms with Crippen LogP contribution in [0.1, 0.15) is 48.9 Å². The van der Waals surface area contributed by atoms with E-state index in [0.29, 0.717) is 23.4 Å². The van der Waals surface area contributed by atoms with Crippen molar-refractivity contribution in [2.45, 2.75) is 38.5 Å². The summed E-state index contributed by atoms with van der Waals surface area (Å²) < 4.78 is 0. The van der Waals surface area contributed by atoms with Crippen molar-refractivity contribution in [2.75, 3.05) is 5.32 Å². The largest absolute Gasteiger partial charge is 0.478 e. The molecule has 0 spiro atoms. The van der Waals surface area contributed by atoms with Crippen molar-refractivity contribution in [3.05, 3.63) is 42.0 Å². The molecule has 4 aliphatic rings. The Bertz CT molecular complexity index is 881. The summed E-state index contributed by atoms with van der Waals surface area (Å²) in [5.74, 6) is 1.08. The molecule has 6 rings (SSSR count). The fraction of sp³-hybridized carbons (Fsp3) is 0.455. The Balaban J connectivity index is 1.50. The SMILES string of the molecule is O=C(O)c1cc2ccccc2cc1NC(=O)C12CC3CC(CC(C3)C1)C2. The maximum Gasteiger partial charge on any atom is 0.337 e. The van der Waals surface area contributed by atoms with E-state index in [0.717, 1.165) is 30.0 Å². The quantitative estimate of drug-likeness (QED) is 0.844. The molecule has 0 unspecified atom stereocenters. The van der Waals surface area contributed by atoms with E-state index in [-0.39, 0.29) is 16.9 Å². The molecule has 0 aromatic heterocycles. The molecule has 0 saturated heterocycles. The van der Waals surface area contributed by atoms with Crippen LogP contribution < -0.4 is 5.32 Å². The first kappa shape index (κ1) is 15.9. The summed E-state index contributed by atoms with van der Waals surface area (Å²) in [4.78, 5) is 25.0. The highest BCUT2D eigenvalue weighted by Crippen LogP contribution is 2.60. The zero-order valence-corrected chi connectivity index (χ0v) is 14.7. The number of hydrogen-bond acceptors (Lipinski definition) is 2. The predicted molar refractivity (Wildman–Crippen MR) is 100 cm³/mol. The normalized spacial score (nSPS) is 31.9. The second kappa shape index (κ2) is 5.57. The summed E-state index contributed by atoms with van der Waals surface area (Å²) in [6.45, 7) is 0. The number of anilines is 1. The third-order valence-corrected chi connectivity index (χ3v) is 6.88. The highest BCUT2D eigenvalue weighted by atomic mass is 16.4. The van der Waals surface area contributed by atoms with Gasteiger partial charge in [-0.3, -0.25) is 4.79 Å². The molecular weight excluding hydrogens is 326 g/mol. The third-order valence-electron chi connectivity index (χ3n) is 6.88. The van der Waals surface area contributed by atoms with Gasteiger partial charge in [-0.25, -0.2) is 4.79 Å². The second-order valence-corrected chi connectivity index (χ2v) is 8.70. The number of amides is 1. The van der Waals surface area contributed by atoms with Crippen molar-refractivity contribution < 1.29 is 14.7 Å². The lowest BCUT2D eigenvalue weighted by Crippen LogP contribution is -2.51. The Kier molecular flexibility index (Phi) is 3.40. The molecule has 1 amide bonds. The van der Waals surface area contributed by atoms with Gasteiger partial charge in [-0.05, 0) is 79.2 Å². The molecule has 2 aromatic carbocycles. The molecule has 134 valence electrons. The number of aromatic carboxylic acids is 1. The first-order chi connectivity index (χ1) is 12.5. The van der Waals surface area contributed by atoms with Crippen LogP contribution in [0.3, 0.4) is 0 Å². The Hall–Kier alpha value is -2.36. The van der Waals surface area contributed by atoms with Gasteiger partial charge < -0.3 is 10.4 Å². The van der Waals surface area contributed by atoms with Crippen LogP contribution in [0.25, 0.3) is 10.8 Å². The Morgan fingerprint density at radius 2 is 1.46 bits per heavy atom. The Morgan fingerprint density at radius 1 is 0.923 bits per heavy atom. The Labute approximate surface area is 152 Å². The van der Waals surface area contributed by atoms with Gasteiger partial charge in [-0.1, -0.05) is 24.3 Å². The van der Waals surface area contributed by atoms with E-state index in [4.69, 9.17) is 0 Å². The molecule has 2 aromatic rings. The Morgan fingerprint density at radius 3 is 2.00 bits per heavy atom. The van der Waals surface area contributed by atoms with E-state index in [1.54, 1.807) is 12.1 Å². The minimum absolute atomic E-state index is 0.0365. The van der Waals surface area contributed by atoms with Crippen molar-refractivity contribution in [2.24, 2.45) is 23.2 Å². The van der Waals surface area contributed by atoms with Gasteiger partial charge in [0.05, 0.1) is 16.7 Å². The zero-order chi connectivity index (χ0) is 17.9. The second-order valence-electron chi connectivity index (χ2n) is 8.70. The first-order valence-electron chi connectivity index (χ1n) is 9.60. The number of carbonyl (C=O) groups is 2. The van der Waals surface area contributed by atoms with Crippen LogP contribution in [-0.4, -0.2) is 17.0 Å². The minimum Gasteiger partial charge on any atom is -0.478 e. The molecule has 4 fully saturated rings. The number of hydrogen-bond donors (Lipinski definition) is 2. The zero-order valence-electron chi connectivity index (χ0n) is 14.7. The van der Waals surface area contributed by atoms with Crippen LogP contribution in [-0.2, 0) is 4.79 Å². The van der Waals surface area contributed by atoms with E-state index < -0.39 is 5.97 Å². The standard InChI is InChI=1S/C22H23NO3/c24-20(25)18-8-16-3-1-2-4-17(16)9-19(18)23-21(26)22-10-13-5-14(11-22)7-15(6-13)12-22/h1-4,8-9,13-15H,5-7,10-12H2,(H,23,26)(H,24,25). The summed E-state index contributed by atoms with van der Waals surface area (Å²) in [6, 6.07) is 11.1. The number of carboxylic acids is 1. The van der Waals surface area contributed by atoms with E-state index in [1.807, 2.05) is 24.3 Å². The van der Waals surface area contributed by atoms with Crippen LogP contribution in [0.2, 0.25) is 0 Å². The van der Waals surface area contributed by atoms with Gasteiger partial charge in [0.15, 0.2) is 0 Å². The fourth-order valence-electron chi connectivity index (χ4n) is 6.16. The number of carboxylic acid groups (broad SMARTS) is 1. The van der Waals surface area contributed by atoms with Gasteiger partial charge in [0, 0.05) is 0 Å². The average molecular weight is 349 g/mol. The van der Waals surface area contributed by atoms with Crippen molar-refractivity contribution >= 4 is 28.3 Å². The van der Waals surface area contributed by atoms with Crippen LogP contribution in [0.4, 0.5) is 5.69 Å². The predicted octanol–water partition coefficient (Wildman–Crippen LogP) is 4.69. The molecule has 4 bridgehead atoms. The minimum atomic E-state index is -1.00. The van der Waals surface area contributed by atoms with Gasteiger partial charge >= 0.3 is 5.97 Å². The monoisotopic (exact) mass is 349 g/mol. The summed E-state index contributed by atoms with van der Waals surface area (Å²) in [5, 5.41) is 14.5. The number of fused-ring (bicyclic) bond motifs is 1. The molecule has 0 radical (unpaired) electrons. The lowest BCUT2D eigenvalue weighted by molar-refractivity contribution is -0.140. The molecule has 4 nitrogen and oxygen atoms in total. The lowest BCUT2D eigenvalue weighted by Gasteiger charge is -2.55. The topological polar surface area (TPSA) is 66.4 Å². The smallest absolute Gasteiger partial charge is 0.337 e. The fourth-order valence-corrected chi connectivity index (χ4v) is 6.16. The van der Waals surface area contributed by atoms with Crippen LogP contribution in [0, 0.1) is 23.2 Å². The van der Waals surface area contributed by atoms with Crippen molar-refractivity contribution in [3.8, 4) is 0 Å². The van der Waals surface area contributed by atoms with Crippen LogP contribution in [0.5, 0.6) is 0 Å². The summed E-state index contributed by atoms with van der Waals surface area (Å²) >= 11 is 0. The van der Waals surface area contributed by atoms with Gasteiger partial charge in [0.1, 0.15) is 0 Å². The average Bonchev–Trinajstić information content (AvgIpc) is 2.59.